The highest BCUT2D eigenvalue weighted by atomic mass is 32.2. The molecule has 33 heavy (non-hydrogen) atoms. The number of fused-ring (bicyclic) bond motifs is 1. The van der Waals surface area contributed by atoms with Crippen molar-refractivity contribution in [3.8, 4) is 11.5 Å². The van der Waals surface area contributed by atoms with Crippen molar-refractivity contribution in [2.24, 2.45) is 0 Å². The predicted octanol–water partition coefficient (Wildman–Crippen LogP) is 5.33. The van der Waals surface area contributed by atoms with Crippen molar-refractivity contribution in [3.05, 3.63) is 72.6 Å². The van der Waals surface area contributed by atoms with Crippen molar-refractivity contribution in [1.29, 1.82) is 0 Å². The van der Waals surface area contributed by atoms with Crippen LogP contribution in [-0.4, -0.2) is 34.7 Å². The van der Waals surface area contributed by atoms with Crippen LogP contribution in [0.25, 0.3) is 11.0 Å². The number of nitrogens with one attached hydrogen (secondary N) is 1. The zero-order chi connectivity index (χ0) is 23.2. The maximum absolute atomic E-state index is 13.3. The third-order valence-corrected chi connectivity index (χ3v) is 6.35. The van der Waals surface area contributed by atoms with Gasteiger partial charge in [-0.25, -0.2) is 4.98 Å². The van der Waals surface area contributed by atoms with Crippen LogP contribution in [0.3, 0.4) is 0 Å². The number of rotatable bonds is 9. The van der Waals surface area contributed by atoms with Crippen LogP contribution in [0.1, 0.15) is 24.9 Å². The molecule has 4 aromatic rings. The van der Waals surface area contributed by atoms with Crippen LogP contribution in [0.4, 0.5) is 5.69 Å². The molecule has 2 aromatic carbocycles. The SMILES string of the molecule is CC[C@H](C(=O)Nc1cccc(OC)c1)n1c(SCc2ccc(OC)cc2)nc2ccncc21. The van der Waals surface area contributed by atoms with Gasteiger partial charge < -0.3 is 19.4 Å². The number of ether oxygens (including phenoxy) is 2. The molecule has 0 spiro atoms. The average Bonchev–Trinajstić information content (AvgIpc) is 3.22. The van der Waals surface area contributed by atoms with Gasteiger partial charge in [-0.15, -0.1) is 0 Å². The molecule has 0 fully saturated rings. The number of carbonyl (C=O) groups is 1. The summed E-state index contributed by atoms with van der Waals surface area (Å²) >= 11 is 1.60. The summed E-state index contributed by atoms with van der Waals surface area (Å²) in [5.41, 5.74) is 3.48. The van der Waals surface area contributed by atoms with Gasteiger partial charge in [0, 0.05) is 23.7 Å². The largest absolute Gasteiger partial charge is 0.497 e. The third kappa shape index (κ3) is 5.12. The Hall–Kier alpha value is -3.52. The first-order valence-electron chi connectivity index (χ1n) is 10.7. The second-order valence-corrected chi connectivity index (χ2v) is 8.35. The Kier molecular flexibility index (Phi) is 7.14. The van der Waals surface area contributed by atoms with E-state index in [0.717, 1.165) is 27.5 Å². The van der Waals surface area contributed by atoms with E-state index >= 15 is 0 Å². The number of amides is 1. The van der Waals surface area contributed by atoms with Gasteiger partial charge in [0.1, 0.15) is 17.5 Å². The highest BCUT2D eigenvalue weighted by Gasteiger charge is 2.25. The smallest absolute Gasteiger partial charge is 0.247 e. The Bertz CT molecular complexity index is 1240. The number of hydrogen-bond acceptors (Lipinski definition) is 6. The first-order valence-corrected chi connectivity index (χ1v) is 11.6. The second-order valence-electron chi connectivity index (χ2n) is 7.41. The summed E-state index contributed by atoms with van der Waals surface area (Å²) in [7, 11) is 3.26. The highest BCUT2D eigenvalue weighted by molar-refractivity contribution is 7.98. The quantitative estimate of drug-likeness (QED) is 0.339. The number of benzene rings is 2. The van der Waals surface area contributed by atoms with Crippen LogP contribution in [0.2, 0.25) is 0 Å². The fraction of sp³-hybridized carbons (Fsp3) is 0.240. The molecule has 0 saturated carbocycles. The molecular weight excluding hydrogens is 436 g/mol. The minimum atomic E-state index is -0.441. The van der Waals surface area contributed by atoms with Crippen LogP contribution in [0.5, 0.6) is 11.5 Å². The predicted molar refractivity (Wildman–Crippen MR) is 131 cm³/mol. The van der Waals surface area contributed by atoms with Gasteiger partial charge in [-0.3, -0.25) is 9.78 Å². The first-order chi connectivity index (χ1) is 16.1. The minimum Gasteiger partial charge on any atom is -0.497 e. The van der Waals surface area contributed by atoms with E-state index in [1.807, 2.05) is 60.0 Å². The van der Waals surface area contributed by atoms with E-state index in [9.17, 15) is 4.79 Å². The van der Waals surface area contributed by atoms with Crippen LogP contribution in [-0.2, 0) is 10.5 Å². The van der Waals surface area contributed by atoms with Crippen molar-refractivity contribution in [2.75, 3.05) is 19.5 Å². The molecule has 0 saturated heterocycles. The summed E-state index contributed by atoms with van der Waals surface area (Å²) in [6.07, 6.45) is 4.09. The number of methoxy groups -OCH3 is 2. The molecule has 8 heteroatoms. The lowest BCUT2D eigenvalue weighted by molar-refractivity contribution is -0.119. The second kappa shape index (κ2) is 10.4. The minimum absolute atomic E-state index is 0.111. The maximum Gasteiger partial charge on any atom is 0.247 e. The highest BCUT2D eigenvalue weighted by Crippen LogP contribution is 2.32. The van der Waals surface area contributed by atoms with E-state index in [-0.39, 0.29) is 5.91 Å². The summed E-state index contributed by atoms with van der Waals surface area (Å²) in [5, 5.41) is 3.80. The third-order valence-electron chi connectivity index (χ3n) is 5.32. The number of pyridine rings is 1. The molecule has 1 atom stereocenters. The Morgan fingerprint density at radius 1 is 1.09 bits per heavy atom. The van der Waals surface area contributed by atoms with Crippen LogP contribution >= 0.6 is 11.8 Å². The summed E-state index contributed by atoms with van der Waals surface area (Å²) < 4.78 is 12.5. The molecule has 0 bridgehead atoms. The molecule has 170 valence electrons. The molecule has 2 aromatic heterocycles. The number of hydrogen-bond donors (Lipinski definition) is 1. The van der Waals surface area contributed by atoms with Crippen LogP contribution in [0.15, 0.2) is 72.1 Å². The van der Waals surface area contributed by atoms with Crippen molar-refractivity contribution >= 4 is 34.4 Å². The van der Waals surface area contributed by atoms with Gasteiger partial charge in [-0.2, -0.15) is 0 Å². The molecule has 0 aliphatic rings. The van der Waals surface area contributed by atoms with E-state index < -0.39 is 6.04 Å². The Balaban J connectivity index is 1.62. The standard InChI is InChI=1S/C25H26N4O3S/c1-4-22(24(30)27-18-6-5-7-20(14-18)32-3)29-23-15-26-13-12-21(23)28-25(29)33-16-17-8-10-19(31-2)11-9-17/h5-15,22H,4,16H2,1-3H3,(H,27,30)/t22-/m1/s1. The summed E-state index contributed by atoms with van der Waals surface area (Å²) in [6.45, 7) is 2.00. The zero-order valence-electron chi connectivity index (χ0n) is 18.8. The molecule has 1 N–H and O–H groups in total. The lowest BCUT2D eigenvalue weighted by atomic mass is 10.2. The molecule has 0 aliphatic heterocycles. The average molecular weight is 463 g/mol. The molecule has 1 amide bonds. The number of nitrogens with zero attached hydrogens (tertiary/aromatic N) is 3. The van der Waals surface area contributed by atoms with Crippen LogP contribution in [0, 0.1) is 0 Å². The fourth-order valence-electron chi connectivity index (χ4n) is 3.60. The molecule has 0 unspecified atom stereocenters. The lowest BCUT2D eigenvalue weighted by Gasteiger charge is -2.20. The number of aromatic nitrogens is 3. The van der Waals surface area contributed by atoms with E-state index in [4.69, 9.17) is 14.5 Å². The number of anilines is 1. The maximum atomic E-state index is 13.3. The first kappa shape index (κ1) is 22.7. The number of carbonyl (C=O) groups excluding carboxylic acids is 1. The summed E-state index contributed by atoms with van der Waals surface area (Å²) in [6, 6.07) is 16.7. The van der Waals surface area contributed by atoms with Crippen LogP contribution < -0.4 is 14.8 Å². The Labute approximate surface area is 197 Å². The lowest BCUT2D eigenvalue weighted by Crippen LogP contribution is -2.26. The van der Waals surface area contributed by atoms with E-state index in [0.29, 0.717) is 23.6 Å². The number of thioether (sulfide) groups is 1. The van der Waals surface area contributed by atoms with Crippen molar-refractivity contribution in [2.45, 2.75) is 30.3 Å². The van der Waals surface area contributed by atoms with E-state index in [1.165, 1.54) is 0 Å². The molecule has 0 radical (unpaired) electrons. The van der Waals surface area contributed by atoms with Gasteiger partial charge in [0.2, 0.25) is 5.91 Å². The Morgan fingerprint density at radius 3 is 2.61 bits per heavy atom. The molecule has 4 rings (SSSR count). The molecule has 2 heterocycles. The monoisotopic (exact) mass is 462 g/mol. The van der Waals surface area contributed by atoms with Gasteiger partial charge in [0.05, 0.1) is 31.4 Å². The van der Waals surface area contributed by atoms with Crippen molar-refractivity contribution in [1.82, 2.24) is 14.5 Å². The molecular formula is C25H26N4O3S. The molecule has 0 aliphatic carbocycles. The Morgan fingerprint density at radius 2 is 1.88 bits per heavy atom. The van der Waals surface area contributed by atoms with Gasteiger partial charge in [0.15, 0.2) is 5.16 Å². The zero-order valence-corrected chi connectivity index (χ0v) is 19.6. The number of imidazole rings is 1. The normalized spacial score (nSPS) is 11.8. The molecule has 7 nitrogen and oxygen atoms in total. The van der Waals surface area contributed by atoms with Gasteiger partial charge in [0.25, 0.3) is 0 Å². The van der Waals surface area contributed by atoms with Gasteiger partial charge in [-0.05, 0) is 42.3 Å². The topological polar surface area (TPSA) is 78.3 Å². The fourth-order valence-corrected chi connectivity index (χ4v) is 4.62. The van der Waals surface area contributed by atoms with Gasteiger partial charge in [-0.1, -0.05) is 36.9 Å². The summed E-state index contributed by atoms with van der Waals surface area (Å²) in [5.74, 6) is 2.12. The van der Waals surface area contributed by atoms with E-state index in [1.54, 1.807) is 44.4 Å². The summed E-state index contributed by atoms with van der Waals surface area (Å²) in [4.78, 5) is 22.4. The van der Waals surface area contributed by atoms with Crippen molar-refractivity contribution in [3.63, 3.8) is 0 Å². The van der Waals surface area contributed by atoms with Crippen molar-refractivity contribution < 1.29 is 14.3 Å². The van der Waals surface area contributed by atoms with E-state index in [2.05, 4.69) is 10.3 Å². The van der Waals surface area contributed by atoms with Gasteiger partial charge >= 0.3 is 0 Å².